The van der Waals surface area contributed by atoms with Crippen molar-refractivity contribution in [2.75, 3.05) is 24.5 Å². The number of hydrogen-bond donors (Lipinski definition) is 1. The zero-order chi connectivity index (χ0) is 24.4. The molecule has 2 fully saturated rings. The van der Waals surface area contributed by atoms with Gasteiger partial charge in [-0.1, -0.05) is 24.8 Å². The molecule has 178 valence electrons. The van der Waals surface area contributed by atoms with Crippen LogP contribution in [-0.4, -0.2) is 52.4 Å². The minimum atomic E-state index is -0.682. The summed E-state index contributed by atoms with van der Waals surface area (Å²) < 4.78 is 11.8. The van der Waals surface area contributed by atoms with E-state index < -0.39 is 5.91 Å². The van der Waals surface area contributed by atoms with Crippen molar-refractivity contribution in [1.82, 2.24) is 14.9 Å². The molecule has 0 saturated carbocycles. The van der Waals surface area contributed by atoms with Gasteiger partial charge in [0.05, 0.1) is 6.04 Å². The van der Waals surface area contributed by atoms with Crippen LogP contribution in [0.5, 0.6) is 23.1 Å². The molecule has 35 heavy (non-hydrogen) atoms. The molecule has 0 bridgehead atoms. The Kier molecular flexibility index (Phi) is 6.05. The van der Waals surface area contributed by atoms with Crippen LogP contribution < -0.4 is 20.1 Å². The minimum absolute atomic E-state index is 0.0759. The summed E-state index contributed by atoms with van der Waals surface area (Å²) in [5.41, 5.74) is 5.64. The second-order valence-electron chi connectivity index (χ2n) is 8.50. The van der Waals surface area contributed by atoms with Crippen LogP contribution in [0.2, 0.25) is 0 Å². The number of carbonyl (C=O) groups excluding carboxylic acids is 2. The summed E-state index contributed by atoms with van der Waals surface area (Å²) in [5.74, 6) is 1.94. The summed E-state index contributed by atoms with van der Waals surface area (Å²) in [4.78, 5) is 36.9. The van der Waals surface area contributed by atoms with Crippen molar-refractivity contribution in [3.63, 3.8) is 0 Å². The molecule has 2 saturated heterocycles. The number of rotatable bonds is 7. The maximum Gasteiger partial charge on any atom is 0.255 e. The average molecular weight is 472 g/mol. The number of aromatic nitrogens is 2. The summed E-state index contributed by atoms with van der Waals surface area (Å²) in [6.07, 6.45) is 3.65. The van der Waals surface area contributed by atoms with Crippen molar-refractivity contribution in [3.05, 3.63) is 79.0 Å². The zero-order valence-corrected chi connectivity index (χ0v) is 19.0. The second kappa shape index (κ2) is 9.46. The summed E-state index contributed by atoms with van der Waals surface area (Å²) >= 11 is 0. The lowest BCUT2D eigenvalue weighted by Crippen LogP contribution is -2.37. The van der Waals surface area contributed by atoms with Crippen LogP contribution >= 0.6 is 0 Å². The van der Waals surface area contributed by atoms with E-state index in [1.165, 1.54) is 12.3 Å². The summed E-state index contributed by atoms with van der Waals surface area (Å²) in [7, 11) is 0. The van der Waals surface area contributed by atoms with E-state index in [0.29, 0.717) is 36.5 Å². The van der Waals surface area contributed by atoms with Gasteiger partial charge in [-0.2, -0.15) is 4.98 Å². The fraction of sp³-hybridized carbons (Fsp3) is 0.231. The van der Waals surface area contributed by atoms with Crippen LogP contribution in [0.1, 0.15) is 16.8 Å². The molecule has 5 rings (SSSR count). The first-order valence-corrected chi connectivity index (χ1v) is 11.4. The molecule has 9 heteroatoms. The molecule has 2 unspecified atom stereocenters. The Morgan fingerprint density at radius 2 is 1.69 bits per heavy atom. The lowest BCUT2D eigenvalue weighted by atomic mass is 10.1. The Labute approximate surface area is 202 Å². The average Bonchev–Trinajstić information content (AvgIpc) is 3.46. The number of primary amides is 1. The first kappa shape index (κ1) is 22.4. The molecule has 0 radical (unpaired) electrons. The third kappa shape index (κ3) is 4.65. The van der Waals surface area contributed by atoms with Crippen LogP contribution in [0, 0.1) is 5.92 Å². The topological polar surface area (TPSA) is 111 Å². The van der Waals surface area contributed by atoms with Crippen LogP contribution in [0.25, 0.3) is 0 Å². The maximum atomic E-state index is 12.1. The normalized spacial score (nSPS) is 18.7. The van der Waals surface area contributed by atoms with Crippen molar-refractivity contribution in [2.45, 2.75) is 12.5 Å². The molecule has 3 heterocycles. The van der Waals surface area contributed by atoms with E-state index in [1.54, 1.807) is 29.2 Å². The molecular formula is C26H25N5O4. The highest BCUT2D eigenvalue weighted by molar-refractivity contribution is 5.95. The van der Waals surface area contributed by atoms with E-state index in [2.05, 4.69) is 21.4 Å². The van der Waals surface area contributed by atoms with E-state index in [1.807, 2.05) is 30.3 Å². The summed E-state index contributed by atoms with van der Waals surface area (Å²) in [6, 6.07) is 16.5. The molecular weight excluding hydrogens is 446 g/mol. The number of para-hydroxylation sites is 1. The van der Waals surface area contributed by atoms with Crippen LogP contribution in [-0.2, 0) is 4.79 Å². The fourth-order valence-electron chi connectivity index (χ4n) is 4.57. The molecule has 1 aromatic heterocycles. The Morgan fingerprint density at radius 1 is 1.00 bits per heavy atom. The van der Waals surface area contributed by atoms with Gasteiger partial charge in [-0.05, 0) is 48.9 Å². The van der Waals surface area contributed by atoms with E-state index in [-0.39, 0.29) is 23.4 Å². The van der Waals surface area contributed by atoms with Crippen molar-refractivity contribution in [3.8, 4) is 23.1 Å². The Bertz CT molecular complexity index is 1250. The van der Waals surface area contributed by atoms with E-state index in [9.17, 15) is 9.59 Å². The molecule has 2 aliphatic rings. The smallest absolute Gasteiger partial charge is 0.255 e. The number of anilines is 1. The zero-order valence-electron chi connectivity index (χ0n) is 19.0. The quantitative estimate of drug-likeness (QED) is 0.526. The highest BCUT2D eigenvalue weighted by Crippen LogP contribution is 2.35. The van der Waals surface area contributed by atoms with Crippen molar-refractivity contribution < 1.29 is 19.1 Å². The summed E-state index contributed by atoms with van der Waals surface area (Å²) in [6.45, 7) is 5.60. The predicted molar refractivity (Wildman–Crippen MR) is 130 cm³/mol. The highest BCUT2D eigenvalue weighted by atomic mass is 16.5. The van der Waals surface area contributed by atoms with Gasteiger partial charge >= 0.3 is 0 Å². The van der Waals surface area contributed by atoms with Crippen LogP contribution in [0.4, 0.5) is 5.95 Å². The molecule has 2 aliphatic heterocycles. The monoisotopic (exact) mass is 471 g/mol. The lowest BCUT2D eigenvalue weighted by molar-refractivity contribution is -0.125. The summed E-state index contributed by atoms with van der Waals surface area (Å²) in [5, 5.41) is 0. The van der Waals surface area contributed by atoms with E-state index >= 15 is 0 Å². The Balaban J connectivity index is 1.35. The van der Waals surface area contributed by atoms with E-state index in [4.69, 9.17) is 15.2 Å². The first-order chi connectivity index (χ1) is 17.0. The van der Waals surface area contributed by atoms with Gasteiger partial charge in [0.2, 0.25) is 17.7 Å². The molecule has 2 atom stereocenters. The largest absolute Gasteiger partial charge is 0.457 e. The fourth-order valence-corrected chi connectivity index (χ4v) is 4.57. The third-order valence-electron chi connectivity index (χ3n) is 6.31. The number of hydrogen-bond acceptors (Lipinski definition) is 7. The highest BCUT2D eigenvalue weighted by Gasteiger charge is 2.43. The lowest BCUT2D eigenvalue weighted by Gasteiger charge is -2.25. The van der Waals surface area contributed by atoms with Crippen molar-refractivity contribution in [2.24, 2.45) is 11.7 Å². The van der Waals surface area contributed by atoms with Gasteiger partial charge in [-0.3, -0.25) is 9.59 Å². The SMILES string of the molecule is C=CC(=O)N1CC2CCN(c3ncc(C(N)=O)c(Oc4ccc(Oc5ccccc5)cc4)n3)C2C1. The molecule has 0 aliphatic carbocycles. The molecule has 2 amide bonds. The van der Waals surface area contributed by atoms with Gasteiger partial charge in [-0.15, -0.1) is 0 Å². The van der Waals surface area contributed by atoms with Gasteiger partial charge in [0.1, 0.15) is 22.8 Å². The number of benzene rings is 2. The number of fused-ring (bicyclic) bond motifs is 1. The Morgan fingerprint density at radius 3 is 2.37 bits per heavy atom. The van der Waals surface area contributed by atoms with Gasteiger partial charge in [0.15, 0.2) is 0 Å². The number of nitrogens with zero attached hydrogens (tertiary/aromatic N) is 4. The Hall–Kier alpha value is -4.40. The molecule has 9 nitrogen and oxygen atoms in total. The number of likely N-dealkylation sites (tertiary alicyclic amines) is 1. The van der Waals surface area contributed by atoms with Crippen molar-refractivity contribution in [1.29, 1.82) is 0 Å². The van der Waals surface area contributed by atoms with Gasteiger partial charge in [-0.25, -0.2) is 4.98 Å². The van der Waals surface area contributed by atoms with Crippen LogP contribution in [0.3, 0.4) is 0 Å². The van der Waals surface area contributed by atoms with Gasteiger partial charge in [0.25, 0.3) is 5.91 Å². The van der Waals surface area contributed by atoms with E-state index in [0.717, 1.165) is 18.7 Å². The number of nitrogens with two attached hydrogens (primary N) is 1. The minimum Gasteiger partial charge on any atom is -0.457 e. The first-order valence-electron chi connectivity index (χ1n) is 11.4. The van der Waals surface area contributed by atoms with Crippen molar-refractivity contribution >= 4 is 17.8 Å². The second-order valence-corrected chi connectivity index (χ2v) is 8.50. The molecule has 2 N–H and O–H groups in total. The number of carbonyl (C=O) groups is 2. The maximum absolute atomic E-state index is 12.1. The standard InChI is InChI=1S/C26H25N5O4/c1-2-23(32)30-15-17-12-13-31(22(17)16-30)26-28-14-21(24(27)33)25(29-26)35-20-10-8-19(9-11-20)34-18-6-4-3-5-7-18/h2-11,14,17,22H,1,12-13,15-16H2,(H2,27,33). The molecule has 0 spiro atoms. The molecule has 2 aromatic carbocycles. The molecule has 3 aromatic rings. The third-order valence-corrected chi connectivity index (χ3v) is 6.31. The number of ether oxygens (including phenoxy) is 2. The van der Waals surface area contributed by atoms with Crippen LogP contribution in [0.15, 0.2) is 73.4 Å². The van der Waals surface area contributed by atoms with Gasteiger partial charge < -0.3 is 25.0 Å². The predicted octanol–water partition coefficient (Wildman–Crippen LogP) is 3.38. The van der Waals surface area contributed by atoms with Gasteiger partial charge in [0, 0.05) is 31.7 Å². The number of amides is 2.